The molecule has 2 aliphatic rings. The highest BCUT2D eigenvalue weighted by Crippen LogP contribution is 2.38. The average Bonchev–Trinajstić information content (AvgIpc) is 2.46. The Morgan fingerprint density at radius 3 is 2.62 bits per heavy atom. The van der Waals surface area contributed by atoms with Crippen LogP contribution < -0.4 is 10.6 Å². The highest BCUT2D eigenvalue weighted by molar-refractivity contribution is 5.78. The summed E-state index contributed by atoms with van der Waals surface area (Å²) in [5, 5.41) is 6.54. The molecule has 16 heavy (non-hydrogen) atoms. The molecule has 3 atom stereocenters. The summed E-state index contributed by atoms with van der Waals surface area (Å²) >= 11 is 0. The number of carbonyl (C=O) groups is 1. The molecule has 2 N–H and O–H groups in total. The Hall–Kier alpha value is -0.570. The molecular formula is C13H24N2O. The van der Waals surface area contributed by atoms with Crippen LogP contribution in [0.15, 0.2) is 0 Å². The van der Waals surface area contributed by atoms with Crippen molar-refractivity contribution in [3.05, 3.63) is 0 Å². The molecule has 2 fully saturated rings. The molecule has 1 aliphatic carbocycles. The SMILES string of the molecule is CC1CC(NC2CNC(=O)C2)CC(C)(C)C1. The molecule has 1 amide bonds. The van der Waals surface area contributed by atoms with Gasteiger partial charge in [0.05, 0.1) is 0 Å². The Morgan fingerprint density at radius 2 is 2.06 bits per heavy atom. The van der Waals surface area contributed by atoms with Crippen LogP contribution in [0, 0.1) is 11.3 Å². The van der Waals surface area contributed by atoms with Crippen molar-refractivity contribution in [2.24, 2.45) is 11.3 Å². The first kappa shape index (κ1) is 11.9. The zero-order valence-electron chi connectivity index (χ0n) is 10.7. The summed E-state index contributed by atoms with van der Waals surface area (Å²) in [6, 6.07) is 0.954. The van der Waals surface area contributed by atoms with Gasteiger partial charge in [-0.1, -0.05) is 20.8 Å². The van der Waals surface area contributed by atoms with Crippen molar-refractivity contribution in [3.8, 4) is 0 Å². The Labute approximate surface area is 98.4 Å². The van der Waals surface area contributed by atoms with E-state index >= 15 is 0 Å². The average molecular weight is 224 g/mol. The molecule has 3 nitrogen and oxygen atoms in total. The molecule has 0 radical (unpaired) electrons. The maximum atomic E-state index is 11.1. The van der Waals surface area contributed by atoms with Crippen LogP contribution in [0.1, 0.15) is 46.5 Å². The van der Waals surface area contributed by atoms with E-state index in [0.29, 0.717) is 23.9 Å². The number of carbonyl (C=O) groups excluding carboxylic acids is 1. The van der Waals surface area contributed by atoms with Gasteiger partial charge in [-0.05, 0) is 30.6 Å². The highest BCUT2D eigenvalue weighted by atomic mass is 16.1. The minimum absolute atomic E-state index is 0.195. The molecule has 1 heterocycles. The van der Waals surface area contributed by atoms with Crippen molar-refractivity contribution in [1.82, 2.24) is 10.6 Å². The van der Waals surface area contributed by atoms with Crippen LogP contribution in [0.3, 0.4) is 0 Å². The molecule has 3 heteroatoms. The second-order valence-electron chi connectivity index (χ2n) is 6.48. The summed E-state index contributed by atoms with van der Waals surface area (Å²) in [5.74, 6) is 0.993. The van der Waals surface area contributed by atoms with Crippen molar-refractivity contribution < 1.29 is 4.79 Å². The Balaban J connectivity index is 1.87. The van der Waals surface area contributed by atoms with Gasteiger partial charge in [0.2, 0.25) is 5.91 Å². The number of nitrogens with one attached hydrogen (secondary N) is 2. The third kappa shape index (κ3) is 2.97. The molecule has 0 aromatic carbocycles. The fraction of sp³-hybridized carbons (Fsp3) is 0.923. The Morgan fingerprint density at radius 1 is 1.31 bits per heavy atom. The van der Waals surface area contributed by atoms with Crippen LogP contribution in [0.2, 0.25) is 0 Å². The number of hydrogen-bond donors (Lipinski definition) is 2. The minimum atomic E-state index is 0.195. The van der Waals surface area contributed by atoms with Gasteiger partial charge in [-0.2, -0.15) is 0 Å². The monoisotopic (exact) mass is 224 g/mol. The van der Waals surface area contributed by atoms with Gasteiger partial charge < -0.3 is 10.6 Å². The smallest absolute Gasteiger partial charge is 0.221 e. The lowest BCUT2D eigenvalue weighted by Crippen LogP contribution is -2.45. The van der Waals surface area contributed by atoms with E-state index in [4.69, 9.17) is 0 Å². The van der Waals surface area contributed by atoms with Crippen molar-refractivity contribution in [2.45, 2.75) is 58.5 Å². The van der Waals surface area contributed by atoms with Gasteiger partial charge in [-0.3, -0.25) is 4.79 Å². The number of rotatable bonds is 2. The maximum Gasteiger partial charge on any atom is 0.221 e. The Bertz CT molecular complexity index is 275. The summed E-state index contributed by atoms with van der Waals surface area (Å²) in [5.41, 5.74) is 0.450. The summed E-state index contributed by atoms with van der Waals surface area (Å²) < 4.78 is 0. The van der Waals surface area contributed by atoms with Crippen LogP contribution in [-0.4, -0.2) is 24.5 Å². The number of amides is 1. The van der Waals surface area contributed by atoms with E-state index in [0.717, 1.165) is 12.5 Å². The molecule has 0 bridgehead atoms. The van der Waals surface area contributed by atoms with E-state index in [-0.39, 0.29) is 5.91 Å². The van der Waals surface area contributed by atoms with Gasteiger partial charge in [0.25, 0.3) is 0 Å². The minimum Gasteiger partial charge on any atom is -0.354 e. The zero-order chi connectivity index (χ0) is 11.8. The predicted molar refractivity (Wildman–Crippen MR) is 65.1 cm³/mol. The van der Waals surface area contributed by atoms with Crippen LogP contribution in [0.4, 0.5) is 0 Å². The van der Waals surface area contributed by atoms with Gasteiger partial charge in [0.15, 0.2) is 0 Å². The van der Waals surface area contributed by atoms with Gasteiger partial charge >= 0.3 is 0 Å². The topological polar surface area (TPSA) is 41.1 Å². The second kappa shape index (κ2) is 4.36. The van der Waals surface area contributed by atoms with Crippen molar-refractivity contribution in [1.29, 1.82) is 0 Å². The summed E-state index contributed by atoms with van der Waals surface area (Å²) in [6.07, 6.45) is 4.48. The van der Waals surface area contributed by atoms with Crippen LogP contribution in [0.25, 0.3) is 0 Å². The quantitative estimate of drug-likeness (QED) is 0.749. The molecule has 0 spiro atoms. The van der Waals surface area contributed by atoms with E-state index < -0.39 is 0 Å². The van der Waals surface area contributed by atoms with Gasteiger partial charge in [-0.25, -0.2) is 0 Å². The zero-order valence-corrected chi connectivity index (χ0v) is 10.7. The van der Waals surface area contributed by atoms with E-state index in [1.165, 1.54) is 19.3 Å². The van der Waals surface area contributed by atoms with Gasteiger partial charge in [-0.15, -0.1) is 0 Å². The second-order valence-corrected chi connectivity index (χ2v) is 6.48. The van der Waals surface area contributed by atoms with E-state index in [1.807, 2.05) is 0 Å². The van der Waals surface area contributed by atoms with Crippen molar-refractivity contribution in [3.63, 3.8) is 0 Å². The molecule has 2 rings (SSSR count). The summed E-state index contributed by atoms with van der Waals surface area (Å²) in [7, 11) is 0. The summed E-state index contributed by atoms with van der Waals surface area (Å²) in [6.45, 7) is 7.86. The normalized spacial score (nSPS) is 38.4. The van der Waals surface area contributed by atoms with Crippen LogP contribution in [-0.2, 0) is 4.79 Å². The highest BCUT2D eigenvalue weighted by Gasteiger charge is 2.34. The first-order valence-electron chi connectivity index (χ1n) is 6.47. The van der Waals surface area contributed by atoms with Crippen LogP contribution >= 0.6 is 0 Å². The van der Waals surface area contributed by atoms with E-state index in [2.05, 4.69) is 31.4 Å². The molecule has 1 saturated carbocycles. The fourth-order valence-electron chi connectivity index (χ4n) is 3.53. The number of hydrogen-bond acceptors (Lipinski definition) is 2. The third-order valence-corrected chi connectivity index (χ3v) is 3.84. The molecule has 0 aromatic heterocycles. The molecule has 1 aliphatic heterocycles. The van der Waals surface area contributed by atoms with Crippen LogP contribution in [0.5, 0.6) is 0 Å². The third-order valence-electron chi connectivity index (χ3n) is 3.84. The lowest BCUT2D eigenvalue weighted by Gasteiger charge is -2.40. The van der Waals surface area contributed by atoms with E-state index in [1.54, 1.807) is 0 Å². The standard InChI is InChI=1S/C13H24N2O/c1-9-4-10(7-13(2,3)6-9)15-11-5-12(16)14-8-11/h9-11,15H,4-8H2,1-3H3,(H,14,16). The maximum absolute atomic E-state index is 11.1. The Kier molecular flexibility index (Phi) is 3.24. The fourth-order valence-corrected chi connectivity index (χ4v) is 3.53. The molecular weight excluding hydrogens is 200 g/mol. The molecule has 92 valence electrons. The molecule has 0 aromatic rings. The first-order valence-corrected chi connectivity index (χ1v) is 6.47. The lowest BCUT2D eigenvalue weighted by atomic mass is 9.70. The summed E-state index contributed by atoms with van der Waals surface area (Å²) in [4.78, 5) is 11.1. The van der Waals surface area contributed by atoms with Crippen molar-refractivity contribution in [2.75, 3.05) is 6.54 Å². The molecule has 1 saturated heterocycles. The molecule has 3 unspecified atom stereocenters. The van der Waals surface area contributed by atoms with Crippen molar-refractivity contribution >= 4 is 5.91 Å². The first-order chi connectivity index (χ1) is 7.44. The largest absolute Gasteiger partial charge is 0.354 e. The van der Waals surface area contributed by atoms with Gasteiger partial charge in [0, 0.05) is 25.0 Å². The van der Waals surface area contributed by atoms with Gasteiger partial charge in [0.1, 0.15) is 0 Å². The lowest BCUT2D eigenvalue weighted by molar-refractivity contribution is -0.119. The van der Waals surface area contributed by atoms with E-state index in [9.17, 15) is 4.79 Å². The predicted octanol–water partition coefficient (Wildman–Crippen LogP) is 1.68.